The van der Waals surface area contributed by atoms with Crippen LogP contribution in [0.3, 0.4) is 0 Å². The third kappa shape index (κ3) is 2.77. The van der Waals surface area contributed by atoms with Gasteiger partial charge in [-0.25, -0.2) is 9.18 Å². The number of fused-ring (bicyclic) bond motifs is 1. The van der Waals surface area contributed by atoms with Crippen LogP contribution in [0.25, 0.3) is 10.8 Å². The highest BCUT2D eigenvalue weighted by Gasteiger charge is 2.15. The normalized spacial score (nSPS) is 10.3. The minimum Gasteiger partial charge on any atom is -0.462 e. The second-order valence-corrected chi connectivity index (χ2v) is 4.12. The summed E-state index contributed by atoms with van der Waals surface area (Å²) in [6, 6.07) is 7.16. The lowest BCUT2D eigenvalue weighted by atomic mass is 10.1. The molecule has 0 amide bonds. The molecule has 0 aliphatic heterocycles. The summed E-state index contributed by atoms with van der Waals surface area (Å²) in [5, 5.41) is 0.627. The third-order valence-corrected chi connectivity index (χ3v) is 2.67. The first-order valence-corrected chi connectivity index (χ1v) is 6.10. The van der Waals surface area contributed by atoms with Crippen molar-refractivity contribution in [1.29, 1.82) is 0 Å². The van der Waals surface area contributed by atoms with Crippen LogP contribution in [0.4, 0.5) is 4.39 Å². The molecule has 2 aromatic carbocycles. The van der Waals surface area contributed by atoms with Crippen LogP contribution < -0.4 is 4.74 Å². The molecule has 4 nitrogen and oxygen atoms in total. The van der Waals surface area contributed by atoms with E-state index in [1.54, 1.807) is 13.0 Å². The number of carbonyl (C=O) groups excluding carboxylic acids is 2. The summed E-state index contributed by atoms with van der Waals surface area (Å²) in [7, 11) is 0. The van der Waals surface area contributed by atoms with E-state index in [2.05, 4.69) is 0 Å². The molecule has 2 rings (SSSR count). The van der Waals surface area contributed by atoms with E-state index in [1.165, 1.54) is 31.2 Å². The molecule has 0 N–H and O–H groups in total. The summed E-state index contributed by atoms with van der Waals surface area (Å²) in [5.74, 6) is -1.50. The molecule has 0 atom stereocenters. The Bertz CT molecular complexity index is 679. The number of esters is 2. The first-order valence-electron chi connectivity index (χ1n) is 6.10. The highest BCUT2D eigenvalue weighted by atomic mass is 19.1. The van der Waals surface area contributed by atoms with Crippen molar-refractivity contribution in [2.45, 2.75) is 13.8 Å². The Labute approximate surface area is 115 Å². The van der Waals surface area contributed by atoms with Gasteiger partial charge in [-0.15, -0.1) is 0 Å². The van der Waals surface area contributed by atoms with E-state index >= 15 is 0 Å². The fourth-order valence-corrected chi connectivity index (χ4v) is 1.89. The smallest absolute Gasteiger partial charge is 0.338 e. The van der Waals surface area contributed by atoms with E-state index in [0.29, 0.717) is 5.39 Å². The molecule has 0 spiro atoms. The van der Waals surface area contributed by atoms with Gasteiger partial charge in [0.1, 0.15) is 11.6 Å². The van der Waals surface area contributed by atoms with Crippen molar-refractivity contribution in [2.75, 3.05) is 6.61 Å². The molecular weight excluding hydrogens is 263 g/mol. The van der Waals surface area contributed by atoms with Crippen molar-refractivity contribution >= 4 is 22.7 Å². The van der Waals surface area contributed by atoms with E-state index < -0.39 is 17.8 Å². The van der Waals surface area contributed by atoms with Gasteiger partial charge in [0.25, 0.3) is 0 Å². The van der Waals surface area contributed by atoms with Gasteiger partial charge in [0.15, 0.2) is 0 Å². The van der Waals surface area contributed by atoms with E-state index in [9.17, 15) is 14.0 Å². The van der Waals surface area contributed by atoms with Crippen LogP contribution in [0.5, 0.6) is 5.75 Å². The first-order chi connectivity index (χ1) is 9.52. The van der Waals surface area contributed by atoms with Crippen molar-refractivity contribution in [3.63, 3.8) is 0 Å². The summed E-state index contributed by atoms with van der Waals surface area (Å²) < 4.78 is 23.8. The van der Waals surface area contributed by atoms with Gasteiger partial charge >= 0.3 is 11.9 Å². The molecule has 0 radical (unpaired) electrons. The number of rotatable bonds is 3. The Kier molecular flexibility index (Phi) is 3.98. The molecule has 0 heterocycles. The van der Waals surface area contributed by atoms with Crippen molar-refractivity contribution in [1.82, 2.24) is 0 Å². The van der Waals surface area contributed by atoms with E-state index in [-0.39, 0.29) is 23.3 Å². The predicted molar refractivity (Wildman–Crippen MR) is 71.2 cm³/mol. The highest BCUT2D eigenvalue weighted by Crippen LogP contribution is 2.30. The Morgan fingerprint density at radius 3 is 2.60 bits per heavy atom. The molecule has 0 saturated carbocycles. The minimum atomic E-state index is -0.592. The van der Waals surface area contributed by atoms with Crippen LogP contribution in [-0.2, 0) is 9.53 Å². The standard InChI is InChI=1S/C15H13FO4/c1-3-19-15(18)10-7-12-11(5-4-6-13(12)16)14(8-10)20-9(2)17/h4-8H,3H2,1-2H3. The molecule has 5 heteroatoms. The summed E-state index contributed by atoms with van der Waals surface area (Å²) in [5.41, 5.74) is 0.140. The van der Waals surface area contributed by atoms with Gasteiger partial charge in [-0.2, -0.15) is 0 Å². The number of hydrogen-bond donors (Lipinski definition) is 0. The van der Waals surface area contributed by atoms with Crippen LogP contribution in [-0.4, -0.2) is 18.5 Å². The minimum absolute atomic E-state index is 0.137. The molecule has 0 unspecified atom stereocenters. The number of benzene rings is 2. The molecule has 104 valence electrons. The zero-order valence-corrected chi connectivity index (χ0v) is 11.1. The lowest BCUT2D eigenvalue weighted by Gasteiger charge is -2.10. The van der Waals surface area contributed by atoms with Crippen molar-refractivity contribution in [3.8, 4) is 5.75 Å². The lowest BCUT2D eigenvalue weighted by molar-refractivity contribution is -0.131. The molecular formula is C15H13FO4. The predicted octanol–water partition coefficient (Wildman–Crippen LogP) is 3.08. The largest absolute Gasteiger partial charge is 0.462 e. The maximum absolute atomic E-state index is 13.8. The summed E-state index contributed by atoms with van der Waals surface area (Å²) in [6.07, 6.45) is 0. The van der Waals surface area contributed by atoms with Crippen LogP contribution in [0, 0.1) is 5.82 Å². The number of carbonyl (C=O) groups is 2. The van der Waals surface area contributed by atoms with Crippen molar-refractivity contribution in [2.24, 2.45) is 0 Å². The van der Waals surface area contributed by atoms with E-state index in [4.69, 9.17) is 9.47 Å². The topological polar surface area (TPSA) is 52.6 Å². The van der Waals surface area contributed by atoms with Gasteiger partial charge in [0.05, 0.1) is 12.2 Å². The van der Waals surface area contributed by atoms with Gasteiger partial charge in [-0.05, 0) is 25.1 Å². The number of ether oxygens (including phenoxy) is 2. The molecule has 0 aliphatic carbocycles. The fraction of sp³-hybridized carbons (Fsp3) is 0.200. The van der Waals surface area contributed by atoms with Crippen LogP contribution in [0.1, 0.15) is 24.2 Å². The van der Waals surface area contributed by atoms with Gasteiger partial charge in [0, 0.05) is 17.7 Å². The van der Waals surface area contributed by atoms with Gasteiger partial charge < -0.3 is 9.47 Å². The monoisotopic (exact) mass is 276 g/mol. The Hall–Kier alpha value is -2.43. The Morgan fingerprint density at radius 1 is 1.20 bits per heavy atom. The first kappa shape index (κ1) is 14.0. The number of halogens is 1. The van der Waals surface area contributed by atoms with E-state index in [1.807, 2.05) is 0 Å². The fourth-order valence-electron chi connectivity index (χ4n) is 1.89. The lowest BCUT2D eigenvalue weighted by Crippen LogP contribution is -2.07. The maximum Gasteiger partial charge on any atom is 0.338 e. The summed E-state index contributed by atoms with van der Waals surface area (Å²) in [6.45, 7) is 3.12. The number of hydrogen-bond acceptors (Lipinski definition) is 4. The zero-order chi connectivity index (χ0) is 14.7. The average molecular weight is 276 g/mol. The van der Waals surface area contributed by atoms with E-state index in [0.717, 1.165) is 0 Å². The molecule has 0 bridgehead atoms. The molecule has 0 saturated heterocycles. The SMILES string of the molecule is CCOC(=O)c1cc(OC(C)=O)c2cccc(F)c2c1. The van der Waals surface area contributed by atoms with Gasteiger partial charge in [0.2, 0.25) is 0 Å². The molecule has 20 heavy (non-hydrogen) atoms. The Morgan fingerprint density at radius 2 is 1.95 bits per heavy atom. The second-order valence-electron chi connectivity index (χ2n) is 4.12. The molecule has 0 aromatic heterocycles. The molecule has 0 aliphatic rings. The van der Waals surface area contributed by atoms with Crippen molar-refractivity contribution < 1.29 is 23.5 Å². The maximum atomic E-state index is 13.8. The van der Waals surface area contributed by atoms with Crippen LogP contribution >= 0.6 is 0 Å². The summed E-state index contributed by atoms with van der Waals surface area (Å²) >= 11 is 0. The van der Waals surface area contributed by atoms with Crippen LogP contribution in [0.15, 0.2) is 30.3 Å². The molecule has 0 fully saturated rings. The Balaban J connectivity index is 2.64. The van der Waals surface area contributed by atoms with Crippen LogP contribution in [0.2, 0.25) is 0 Å². The zero-order valence-electron chi connectivity index (χ0n) is 11.1. The third-order valence-electron chi connectivity index (χ3n) is 2.67. The quantitative estimate of drug-likeness (QED) is 0.638. The van der Waals surface area contributed by atoms with Gasteiger partial charge in [-0.1, -0.05) is 12.1 Å². The summed E-state index contributed by atoms with van der Waals surface area (Å²) in [4.78, 5) is 22.9. The second kappa shape index (κ2) is 5.69. The highest BCUT2D eigenvalue weighted by molar-refractivity contribution is 5.99. The average Bonchev–Trinajstić information content (AvgIpc) is 2.39. The van der Waals surface area contributed by atoms with Crippen molar-refractivity contribution in [3.05, 3.63) is 41.7 Å². The molecule has 2 aromatic rings. The van der Waals surface area contributed by atoms with Gasteiger partial charge in [-0.3, -0.25) is 4.79 Å².